The van der Waals surface area contributed by atoms with Crippen LogP contribution in [0.3, 0.4) is 0 Å². The van der Waals surface area contributed by atoms with Gasteiger partial charge in [-0.25, -0.2) is 4.98 Å². The summed E-state index contributed by atoms with van der Waals surface area (Å²) in [5.41, 5.74) is 4.99. The first kappa shape index (κ1) is 21.1. The zero-order valence-corrected chi connectivity index (χ0v) is 19.1. The molecule has 5 nitrogen and oxygen atoms in total. The number of hydrogen-bond acceptors (Lipinski definition) is 5. The number of rotatable bonds is 5. The molecule has 3 aromatic carbocycles. The third-order valence-electron chi connectivity index (χ3n) is 5.66. The van der Waals surface area contributed by atoms with Crippen molar-refractivity contribution >= 4 is 28.7 Å². The molecular formula is C27H22N2O3S. The van der Waals surface area contributed by atoms with Crippen LogP contribution >= 0.6 is 11.3 Å². The van der Waals surface area contributed by atoms with Gasteiger partial charge in [-0.3, -0.25) is 14.5 Å². The van der Waals surface area contributed by atoms with Crippen molar-refractivity contribution in [3.63, 3.8) is 0 Å². The van der Waals surface area contributed by atoms with Gasteiger partial charge in [0.2, 0.25) is 0 Å². The molecule has 1 unspecified atom stereocenters. The second kappa shape index (κ2) is 8.64. The van der Waals surface area contributed by atoms with E-state index in [1.807, 2.05) is 73.0 Å². The lowest BCUT2D eigenvalue weighted by atomic mass is 10.1. The molecule has 0 aliphatic carbocycles. The summed E-state index contributed by atoms with van der Waals surface area (Å²) in [6, 6.07) is 23.1. The number of aryl methyl sites for hydroxylation is 1. The van der Waals surface area contributed by atoms with Gasteiger partial charge in [0, 0.05) is 22.1 Å². The molecule has 5 rings (SSSR count). The first-order valence-electron chi connectivity index (χ1n) is 10.7. The molecule has 1 aliphatic rings. The largest absolute Gasteiger partial charge is 0.479 e. The normalized spacial score (nSPS) is 15.2. The summed E-state index contributed by atoms with van der Waals surface area (Å²) >= 11 is 1.57. The highest BCUT2D eigenvalue weighted by Gasteiger charge is 2.33. The van der Waals surface area contributed by atoms with Gasteiger partial charge >= 0.3 is 0 Å². The fourth-order valence-corrected chi connectivity index (χ4v) is 4.66. The number of anilines is 1. The predicted octanol–water partition coefficient (Wildman–Crippen LogP) is 5.78. The van der Waals surface area contributed by atoms with Crippen molar-refractivity contribution in [2.75, 3.05) is 11.4 Å². The topological polar surface area (TPSA) is 59.5 Å². The van der Waals surface area contributed by atoms with E-state index in [0.29, 0.717) is 17.0 Å². The van der Waals surface area contributed by atoms with E-state index in [0.717, 1.165) is 27.4 Å². The molecule has 0 radical (unpaired) electrons. The molecule has 2 heterocycles. The lowest BCUT2D eigenvalue weighted by molar-refractivity contribution is -0.125. The zero-order valence-electron chi connectivity index (χ0n) is 18.3. The molecule has 6 heteroatoms. The maximum Gasteiger partial charge on any atom is 0.268 e. The average molecular weight is 455 g/mol. The summed E-state index contributed by atoms with van der Waals surface area (Å²) in [7, 11) is 0. The maximum absolute atomic E-state index is 13.0. The third-order valence-corrected chi connectivity index (χ3v) is 6.55. The number of nitrogens with zero attached hydrogens (tertiary/aromatic N) is 2. The van der Waals surface area contributed by atoms with Gasteiger partial charge in [-0.05, 0) is 32.0 Å². The lowest BCUT2D eigenvalue weighted by Gasteiger charge is -2.33. The SMILES string of the molecule is Cc1ccc(C(=O)CN2C(=O)C(C)Oc3ccc(-c4csc(-c5ccccc5)n4)cc32)cc1. The average Bonchev–Trinajstić information content (AvgIpc) is 3.33. The summed E-state index contributed by atoms with van der Waals surface area (Å²) in [5, 5.41) is 2.93. The molecule has 1 atom stereocenters. The van der Waals surface area contributed by atoms with Crippen molar-refractivity contribution in [1.82, 2.24) is 4.98 Å². The fourth-order valence-electron chi connectivity index (χ4n) is 3.82. The molecule has 0 spiro atoms. The molecule has 0 fully saturated rings. The Morgan fingerprint density at radius 2 is 1.79 bits per heavy atom. The Bertz CT molecular complexity index is 1330. The van der Waals surface area contributed by atoms with Crippen LogP contribution in [0.25, 0.3) is 21.8 Å². The molecule has 33 heavy (non-hydrogen) atoms. The van der Waals surface area contributed by atoms with Crippen LogP contribution in [0.4, 0.5) is 5.69 Å². The predicted molar refractivity (Wildman–Crippen MR) is 131 cm³/mol. The number of carbonyl (C=O) groups excluding carboxylic acids is 2. The number of ether oxygens (including phenoxy) is 1. The van der Waals surface area contributed by atoms with Crippen molar-refractivity contribution in [3.05, 3.63) is 89.3 Å². The smallest absolute Gasteiger partial charge is 0.268 e. The molecule has 1 amide bonds. The van der Waals surface area contributed by atoms with E-state index < -0.39 is 6.10 Å². The Balaban J connectivity index is 1.48. The first-order valence-corrected chi connectivity index (χ1v) is 11.6. The fraction of sp³-hybridized carbons (Fsp3) is 0.148. The molecule has 0 saturated heterocycles. The van der Waals surface area contributed by atoms with Crippen LogP contribution in [0.15, 0.2) is 78.2 Å². The third kappa shape index (κ3) is 4.17. The summed E-state index contributed by atoms with van der Waals surface area (Å²) in [6.07, 6.45) is -0.655. The van der Waals surface area contributed by atoms with Crippen molar-refractivity contribution in [1.29, 1.82) is 0 Å². The number of ketones is 1. The van der Waals surface area contributed by atoms with E-state index in [4.69, 9.17) is 9.72 Å². The van der Waals surface area contributed by atoms with E-state index in [1.54, 1.807) is 30.4 Å². The quantitative estimate of drug-likeness (QED) is 0.359. The minimum absolute atomic E-state index is 0.0433. The molecule has 1 aliphatic heterocycles. The second-order valence-corrected chi connectivity index (χ2v) is 8.92. The maximum atomic E-state index is 13.0. The summed E-state index contributed by atoms with van der Waals surface area (Å²) in [4.78, 5) is 32.2. The first-order chi connectivity index (χ1) is 16.0. The Labute approximate surface area is 196 Å². The van der Waals surface area contributed by atoms with Crippen molar-refractivity contribution < 1.29 is 14.3 Å². The van der Waals surface area contributed by atoms with Crippen LogP contribution in [0.5, 0.6) is 5.75 Å². The number of hydrogen-bond donors (Lipinski definition) is 0. The molecular weight excluding hydrogens is 432 g/mol. The molecule has 0 N–H and O–H groups in total. The van der Waals surface area contributed by atoms with Crippen molar-refractivity contribution in [3.8, 4) is 27.6 Å². The molecule has 164 valence electrons. The van der Waals surface area contributed by atoms with Gasteiger partial charge in [-0.2, -0.15) is 0 Å². The van der Waals surface area contributed by atoms with E-state index in [-0.39, 0.29) is 18.2 Å². The monoisotopic (exact) mass is 454 g/mol. The number of thiazole rings is 1. The summed E-state index contributed by atoms with van der Waals surface area (Å²) < 4.78 is 5.82. The molecule has 0 bridgehead atoms. The number of carbonyl (C=O) groups is 2. The van der Waals surface area contributed by atoms with E-state index in [9.17, 15) is 9.59 Å². The van der Waals surface area contributed by atoms with Crippen LogP contribution in [-0.4, -0.2) is 29.3 Å². The van der Waals surface area contributed by atoms with Gasteiger partial charge in [0.05, 0.1) is 17.9 Å². The van der Waals surface area contributed by atoms with Gasteiger partial charge in [-0.1, -0.05) is 60.2 Å². The molecule has 1 aromatic heterocycles. The van der Waals surface area contributed by atoms with Gasteiger partial charge in [0.15, 0.2) is 11.9 Å². The zero-order chi connectivity index (χ0) is 22.9. The van der Waals surface area contributed by atoms with Gasteiger partial charge in [0.1, 0.15) is 10.8 Å². The van der Waals surface area contributed by atoms with Gasteiger partial charge in [-0.15, -0.1) is 11.3 Å². The van der Waals surface area contributed by atoms with E-state index in [2.05, 4.69) is 0 Å². The molecule has 4 aromatic rings. The minimum Gasteiger partial charge on any atom is -0.479 e. The van der Waals surface area contributed by atoms with Crippen LogP contribution in [-0.2, 0) is 4.79 Å². The Morgan fingerprint density at radius 1 is 1.03 bits per heavy atom. The number of benzene rings is 3. The van der Waals surface area contributed by atoms with E-state index in [1.165, 1.54) is 4.90 Å². The highest BCUT2D eigenvalue weighted by molar-refractivity contribution is 7.13. The van der Waals surface area contributed by atoms with Crippen molar-refractivity contribution in [2.24, 2.45) is 0 Å². The van der Waals surface area contributed by atoms with E-state index >= 15 is 0 Å². The van der Waals surface area contributed by atoms with Crippen LogP contribution in [0.2, 0.25) is 0 Å². The lowest BCUT2D eigenvalue weighted by Crippen LogP contribution is -2.46. The van der Waals surface area contributed by atoms with Crippen LogP contribution in [0.1, 0.15) is 22.8 Å². The van der Waals surface area contributed by atoms with Crippen LogP contribution in [0, 0.1) is 6.92 Å². The van der Waals surface area contributed by atoms with Gasteiger partial charge < -0.3 is 4.74 Å². The Kier molecular flexibility index (Phi) is 5.52. The van der Waals surface area contributed by atoms with Crippen LogP contribution < -0.4 is 9.64 Å². The highest BCUT2D eigenvalue weighted by Crippen LogP contribution is 2.38. The highest BCUT2D eigenvalue weighted by atomic mass is 32.1. The molecule has 0 saturated carbocycles. The summed E-state index contributed by atoms with van der Waals surface area (Å²) in [5.74, 6) is 0.234. The standard InChI is InChI=1S/C27H22N2O3S/c1-17-8-10-19(11-9-17)24(30)15-29-23-14-21(12-13-25(23)32-18(2)27(29)31)22-16-33-26(28-22)20-6-4-3-5-7-20/h3-14,16,18H,15H2,1-2H3. The Hall–Kier alpha value is -3.77. The number of fused-ring (bicyclic) bond motifs is 1. The number of aromatic nitrogens is 1. The number of amides is 1. The minimum atomic E-state index is -0.655. The Morgan fingerprint density at radius 3 is 2.55 bits per heavy atom. The van der Waals surface area contributed by atoms with Gasteiger partial charge in [0.25, 0.3) is 5.91 Å². The number of Topliss-reactive ketones (excluding diaryl/α,β-unsaturated/α-hetero) is 1. The van der Waals surface area contributed by atoms with Crippen molar-refractivity contribution in [2.45, 2.75) is 20.0 Å². The summed E-state index contributed by atoms with van der Waals surface area (Å²) in [6.45, 7) is 3.63. The second-order valence-electron chi connectivity index (χ2n) is 8.06.